The topological polar surface area (TPSA) is 72.5 Å². The van der Waals surface area contributed by atoms with E-state index in [9.17, 15) is 26.4 Å². The Morgan fingerprint density at radius 1 is 1.15 bits per heavy atom. The summed E-state index contributed by atoms with van der Waals surface area (Å²) in [7, 11) is -4.11. The van der Waals surface area contributed by atoms with Crippen molar-refractivity contribution in [2.45, 2.75) is 13.3 Å². The Labute approximate surface area is 162 Å². The van der Waals surface area contributed by atoms with Crippen molar-refractivity contribution in [3.8, 4) is 5.75 Å². The zero-order valence-corrected chi connectivity index (χ0v) is 16.2. The number of halogens is 4. The average molecular weight is 464 g/mol. The first-order valence-corrected chi connectivity index (χ1v) is 9.66. The summed E-state index contributed by atoms with van der Waals surface area (Å²) in [6.07, 6.45) is -3.67. The van der Waals surface area contributed by atoms with Crippen LogP contribution in [0.2, 0.25) is 0 Å². The van der Waals surface area contributed by atoms with Crippen LogP contribution < -0.4 is 9.46 Å². The van der Waals surface area contributed by atoms with Gasteiger partial charge in [0, 0.05) is 4.47 Å². The molecular weight excluding hydrogens is 451 g/mol. The molecule has 2 rings (SSSR count). The van der Waals surface area contributed by atoms with Crippen LogP contribution in [0.25, 0.3) is 6.08 Å². The molecule has 0 fully saturated rings. The number of rotatable bonds is 5. The van der Waals surface area contributed by atoms with Gasteiger partial charge in [-0.3, -0.25) is 4.79 Å². The van der Waals surface area contributed by atoms with Crippen molar-refractivity contribution in [3.05, 3.63) is 69.0 Å². The maximum absolute atomic E-state index is 12.1. The highest BCUT2D eigenvalue weighted by atomic mass is 79.9. The van der Waals surface area contributed by atoms with Gasteiger partial charge in [-0.25, -0.2) is 13.1 Å². The lowest BCUT2D eigenvalue weighted by Crippen LogP contribution is -2.29. The van der Waals surface area contributed by atoms with Crippen LogP contribution >= 0.6 is 15.9 Å². The van der Waals surface area contributed by atoms with E-state index in [4.69, 9.17) is 0 Å². The third-order valence-corrected chi connectivity index (χ3v) is 4.78. The predicted molar refractivity (Wildman–Crippen MR) is 97.4 cm³/mol. The first-order valence-electron chi connectivity index (χ1n) is 7.32. The minimum atomic E-state index is -4.81. The molecule has 0 radical (unpaired) electrons. The van der Waals surface area contributed by atoms with Gasteiger partial charge >= 0.3 is 6.36 Å². The molecule has 0 bridgehead atoms. The monoisotopic (exact) mass is 463 g/mol. The van der Waals surface area contributed by atoms with Gasteiger partial charge in [0.1, 0.15) is 5.75 Å². The number of aryl methyl sites for hydroxylation is 1. The molecule has 5 nitrogen and oxygen atoms in total. The zero-order valence-electron chi connectivity index (χ0n) is 13.7. The molecule has 0 unspecified atom stereocenters. The number of carbonyl (C=O) groups is 1. The number of benzene rings is 2. The number of nitrogens with one attached hydrogen (secondary N) is 1. The summed E-state index contributed by atoms with van der Waals surface area (Å²) in [5.41, 5.74) is 1.34. The molecule has 0 saturated heterocycles. The van der Waals surface area contributed by atoms with Crippen LogP contribution in [0, 0.1) is 6.92 Å². The third-order valence-electron chi connectivity index (χ3n) is 3.16. The number of alkyl halides is 3. The van der Waals surface area contributed by atoms with E-state index in [1.807, 2.05) is 11.6 Å². The zero-order chi connectivity index (χ0) is 20.2. The van der Waals surface area contributed by atoms with Gasteiger partial charge in [-0.15, -0.1) is 13.2 Å². The van der Waals surface area contributed by atoms with Crippen molar-refractivity contribution >= 4 is 37.9 Å². The number of carbonyl (C=O) groups excluding carboxylic acids is 1. The highest BCUT2D eigenvalue weighted by Crippen LogP contribution is 2.23. The summed E-state index contributed by atoms with van der Waals surface area (Å²) >= 11 is 3.19. The molecule has 2 aromatic carbocycles. The van der Waals surface area contributed by atoms with Crippen molar-refractivity contribution in [2.24, 2.45) is 0 Å². The molecule has 0 saturated carbocycles. The van der Waals surface area contributed by atoms with Crippen LogP contribution in [-0.4, -0.2) is 20.7 Å². The molecule has 0 aliphatic carbocycles. The van der Waals surface area contributed by atoms with E-state index in [0.29, 0.717) is 10.0 Å². The molecule has 0 aliphatic heterocycles. The number of hydrogen-bond donors (Lipinski definition) is 1. The van der Waals surface area contributed by atoms with Crippen LogP contribution in [0.1, 0.15) is 21.5 Å². The normalized spacial score (nSPS) is 12.2. The Kier molecular flexibility index (Phi) is 6.32. The molecule has 0 spiro atoms. The SMILES string of the molecule is Cc1ccc(C(=O)NS(=O)(=O)/C=C/c2ccc(OC(F)(F)F)cc2)c(Br)c1. The van der Waals surface area contributed by atoms with E-state index in [1.165, 1.54) is 18.2 Å². The van der Waals surface area contributed by atoms with Gasteiger partial charge in [0.15, 0.2) is 0 Å². The quantitative estimate of drug-likeness (QED) is 0.713. The van der Waals surface area contributed by atoms with Crippen LogP contribution in [-0.2, 0) is 10.0 Å². The Morgan fingerprint density at radius 3 is 2.33 bits per heavy atom. The van der Waals surface area contributed by atoms with Crippen molar-refractivity contribution < 1.29 is 31.1 Å². The molecular formula is C17H13BrF3NO4S. The lowest BCUT2D eigenvalue weighted by atomic mass is 10.1. The fourth-order valence-corrected chi connectivity index (χ4v) is 3.42. The molecule has 27 heavy (non-hydrogen) atoms. The summed E-state index contributed by atoms with van der Waals surface area (Å²) in [5, 5.41) is 0.743. The van der Waals surface area contributed by atoms with Gasteiger partial charge in [-0.05, 0) is 64.3 Å². The van der Waals surface area contributed by atoms with Crippen LogP contribution in [0.3, 0.4) is 0 Å². The fraction of sp³-hybridized carbons (Fsp3) is 0.118. The van der Waals surface area contributed by atoms with E-state index in [0.717, 1.165) is 29.2 Å². The lowest BCUT2D eigenvalue weighted by Gasteiger charge is -2.08. The minimum absolute atomic E-state index is 0.145. The number of sulfonamides is 1. The summed E-state index contributed by atoms with van der Waals surface area (Å²) in [5.74, 6) is -1.25. The van der Waals surface area contributed by atoms with E-state index in [-0.39, 0.29) is 5.56 Å². The molecule has 1 amide bonds. The Balaban J connectivity index is 2.08. The van der Waals surface area contributed by atoms with E-state index in [1.54, 1.807) is 12.1 Å². The predicted octanol–water partition coefficient (Wildman–Crippen LogP) is 4.39. The van der Waals surface area contributed by atoms with Gasteiger partial charge in [0.2, 0.25) is 0 Å². The molecule has 1 N–H and O–H groups in total. The number of ether oxygens (including phenoxy) is 1. The smallest absolute Gasteiger partial charge is 0.406 e. The van der Waals surface area contributed by atoms with Crippen molar-refractivity contribution in [3.63, 3.8) is 0 Å². The van der Waals surface area contributed by atoms with Crippen molar-refractivity contribution in [1.82, 2.24) is 4.72 Å². The molecule has 2 aromatic rings. The Bertz CT molecular complexity index is 971. The second-order valence-corrected chi connectivity index (χ2v) is 7.80. The molecule has 144 valence electrons. The third kappa shape index (κ3) is 6.72. The number of hydrogen-bond acceptors (Lipinski definition) is 4. The Hall–Kier alpha value is -2.33. The van der Waals surface area contributed by atoms with Gasteiger partial charge < -0.3 is 4.74 Å². The minimum Gasteiger partial charge on any atom is -0.406 e. The van der Waals surface area contributed by atoms with Crippen molar-refractivity contribution in [2.75, 3.05) is 0 Å². The summed E-state index contributed by atoms with van der Waals surface area (Å²) in [4.78, 5) is 12.1. The maximum atomic E-state index is 12.1. The van der Waals surface area contributed by atoms with Crippen LogP contribution in [0.15, 0.2) is 52.3 Å². The average Bonchev–Trinajstić information content (AvgIpc) is 2.52. The standard InChI is InChI=1S/C17H13BrF3NO4S/c1-11-2-7-14(15(18)10-11)16(23)22-27(24,25)9-8-12-3-5-13(6-4-12)26-17(19,20)21/h2-10H,1H3,(H,22,23)/b9-8+. The summed E-state index contributed by atoms with van der Waals surface area (Å²) < 4.78 is 66.4. The maximum Gasteiger partial charge on any atom is 0.573 e. The van der Waals surface area contributed by atoms with Gasteiger partial charge in [0.05, 0.1) is 11.0 Å². The number of amides is 1. The van der Waals surface area contributed by atoms with Crippen LogP contribution in [0.4, 0.5) is 13.2 Å². The molecule has 10 heteroatoms. The highest BCUT2D eigenvalue weighted by Gasteiger charge is 2.30. The molecule has 0 aromatic heterocycles. The van der Waals surface area contributed by atoms with Gasteiger partial charge in [-0.2, -0.15) is 0 Å². The van der Waals surface area contributed by atoms with Crippen LogP contribution in [0.5, 0.6) is 5.75 Å². The largest absolute Gasteiger partial charge is 0.573 e. The van der Waals surface area contributed by atoms with Crippen molar-refractivity contribution in [1.29, 1.82) is 0 Å². The first kappa shape index (κ1) is 21.0. The lowest BCUT2D eigenvalue weighted by molar-refractivity contribution is -0.274. The molecule has 0 aliphatic rings. The fourth-order valence-electron chi connectivity index (χ4n) is 1.97. The van der Waals surface area contributed by atoms with E-state index in [2.05, 4.69) is 20.7 Å². The van der Waals surface area contributed by atoms with Gasteiger partial charge in [0.25, 0.3) is 15.9 Å². The molecule has 0 heterocycles. The van der Waals surface area contributed by atoms with E-state index >= 15 is 0 Å². The second-order valence-electron chi connectivity index (χ2n) is 5.38. The first-order chi connectivity index (χ1) is 12.5. The second kappa shape index (κ2) is 8.13. The van der Waals surface area contributed by atoms with Gasteiger partial charge in [-0.1, -0.05) is 18.2 Å². The highest BCUT2D eigenvalue weighted by molar-refractivity contribution is 9.10. The summed E-state index contributed by atoms with van der Waals surface area (Å²) in [6, 6.07) is 9.38. The van der Waals surface area contributed by atoms with E-state index < -0.39 is 28.0 Å². The molecule has 0 atom stereocenters. The summed E-state index contributed by atoms with van der Waals surface area (Å²) in [6.45, 7) is 1.82. The Morgan fingerprint density at radius 2 is 1.78 bits per heavy atom.